The summed E-state index contributed by atoms with van der Waals surface area (Å²) in [5.41, 5.74) is -1.19. The van der Waals surface area contributed by atoms with Crippen molar-refractivity contribution in [2.75, 3.05) is 12.4 Å². The molecule has 0 aliphatic rings. The van der Waals surface area contributed by atoms with Gasteiger partial charge in [0.05, 0.1) is 18.2 Å². The highest BCUT2D eigenvalue weighted by Crippen LogP contribution is 2.36. The number of alkyl halides is 3. The van der Waals surface area contributed by atoms with Crippen molar-refractivity contribution in [1.29, 1.82) is 0 Å². The number of ether oxygens (including phenoxy) is 1. The summed E-state index contributed by atoms with van der Waals surface area (Å²) in [6.07, 6.45) is -4.62. The van der Waals surface area contributed by atoms with Crippen molar-refractivity contribution in [3.8, 4) is 0 Å². The Morgan fingerprint density at radius 2 is 1.91 bits per heavy atom. The second-order valence-corrected chi connectivity index (χ2v) is 4.46. The summed E-state index contributed by atoms with van der Waals surface area (Å²) >= 11 is 0. The largest absolute Gasteiger partial charge is 0.464 e. The Balaban J connectivity index is 2.70. The van der Waals surface area contributed by atoms with Gasteiger partial charge in [0.1, 0.15) is 5.69 Å². The van der Waals surface area contributed by atoms with Crippen LogP contribution in [-0.2, 0) is 15.7 Å². The number of pyridine rings is 1. The zero-order valence-electron chi connectivity index (χ0n) is 11.6. The number of rotatable bonds is 2. The van der Waals surface area contributed by atoms with Gasteiger partial charge in [-0.25, -0.2) is 9.78 Å². The maximum absolute atomic E-state index is 13.1. The van der Waals surface area contributed by atoms with Crippen LogP contribution < -0.4 is 5.32 Å². The van der Waals surface area contributed by atoms with Crippen molar-refractivity contribution in [1.82, 2.24) is 4.98 Å². The predicted molar refractivity (Wildman–Crippen MR) is 72.4 cm³/mol. The van der Waals surface area contributed by atoms with Crippen LogP contribution in [-0.4, -0.2) is 24.0 Å². The zero-order valence-corrected chi connectivity index (χ0v) is 11.6. The Hall–Kier alpha value is -2.64. The monoisotopic (exact) mass is 312 g/mol. The van der Waals surface area contributed by atoms with E-state index in [0.29, 0.717) is 0 Å². The molecule has 0 saturated carbocycles. The second kappa shape index (κ2) is 5.63. The molecule has 1 heterocycles. The van der Waals surface area contributed by atoms with Crippen LogP contribution in [0.4, 0.5) is 18.9 Å². The number of carbonyl (C=O) groups is 2. The Bertz CT molecular complexity index is 757. The lowest BCUT2D eigenvalue weighted by Crippen LogP contribution is -2.11. The van der Waals surface area contributed by atoms with Crippen molar-refractivity contribution < 1.29 is 27.5 Å². The van der Waals surface area contributed by atoms with Crippen LogP contribution in [0.25, 0.3) is 10.9 Å². The van der Waals surface area contributed by atoms with Crippen LogP contribution in [0.3, 0.4) is 0 Å². The topological polar surface area (TPSA) is 68.3 Å². The average Bonchev–Trinajstić information content (AvgIpc) is 2.43. The minimum Gasteiger partial charge on any atom is -0.464 e. The quantitative estimate of drug-likeness (QED) is 0.866. The first-order valence-electron chi connectivity index (χ1n) is 6.10. The third kappa shape index (κ3) is 3.16. The molecular weight excluding hydrogens is 301 g/mol. The first-order chi connectivity index (χ1) is 10.2. The molecule has 1 amide bonds. The number of anilines is 1. The highest BCUT2D eigenvalue weighted by molar-refractivity contribution is 5.96. The van der Waals surface area contributed by atoms with Crippen LogP contribution in [0.15, 0.2) is 24.3 Å². The fraction of sp³-hybridized carbons (Fsp3) is 0.214. The average molecular weight is 312 g/mol. The van der Waals surface area contributed by atoms with Crippen molar-refractivity contribution in [3.05, 3.63) is 35.5 Å². The summed E-state index contributed by atoms with van der Waals surface area (Å²) in [5.74, 6) is -1.28. The van der Waals surface area contributed by atoms with Crippen molar-refractivity contribution in [2.45, 2.75) is 13.1 Å². The molecule has 1 aromatic heterocycles. The van der Waals surface area contributed by atoms with Crippen LogP contribution in [0.1, 0.15) is 23.0 Å². The summed E-state index contributed by atoms with van der Waals surface area (Å²) in [7, 11) is 1.14. The number of nitrogens with zero attached hydrogens (tertiary/aromatic N) is 1. The number of fused-ring (bicyclic) bond motifs is 1. The number of hydrogen-bond donors (Lipinski definition) is 1. The summed E-state index contributed by atoms with van der Waals surface area (Å²) in [4.78, 5) is 26.3. The summed E-state index contributed by atoms with van der Waals surface area (Å²) in [6.45, 7) is 1.18. The van der Waals surface area contributed by atoms with E-state index < -0.39 is 23.6 Å². The lowest BCUT2D eigenvalue weighted by molar-refractivity contribution is -0.136. The molecule has 5 nitrogen and oxygen atoms in total. The molecule has 1 aromatic carbocycles. The van der Waals surface area contributed by atoms with Gasteiger partial charge in [-0.05, 0) is 24.3 Å². The summed E-state index contributed by atoms with van der Waals surface area (Å²) in [6, 6.07) is 4.39. The van der Waals surface area contributed by atoms with Gasteiger partial charge in [0.15, 0.2) is 0 Å². The van der Waals surface area contributed by atoms with Gasteiger partial charge in [-0.1, -0.05) is 0 Å². The standard InChI is InChI=1S/C14H11F3N2O3/c1-7(20)18-8-5-10(14(15,16)17)9-3-4-11(13(21)22-2)19-12(9)6-8/h3-6H,1-2H3,(H,18,20). The number of halogens is 3. The highest BCUT2D eigenvalue weighted by Gasteiger charge is 2.33. The van der Waals surface area contributed by atoms with Gasteiger partial charge >= 0.3 is 12.1 Å². The molecule has 2 rings (SSSR count). The van der Waals surface area contributed by atoms with Crippen LogP contribution in [0.2, 0.25) is 0 Å². The molecule has 0 radical (unpaired) electrons. The molecule has 2 aromatic rings. The van der Waals surface area contributed by atoms with E-state index in [1.54, 1.807) is 0 Å². The third-order valence-corrected chi connectivity index (χ3v) is 2.83. The van der Waals surface area contributed by atoms with Crippen molar-refractivity contribution >= 4 is 28.5 Å². The van der Waals surface area contributed by atoms with Gasteiger partial charge < -0.3 is 10.1 Å². The molecule has 0 spiro atoms. The van der Waals surface area contributed by atoms with Gasteiger partial charge in [-0.3, -0.25) is 4.79 Å². The number of methoxy groups -OCH3 is 1. The Kier molecular flexibility index (Phi) is 4.03. The molecule has 0 bridgehead atoms. The molecule has 22 heavy (non-hydrogen) atoms. The Labute approximate surface area is 123 Å². The minimum atomic E-state index is -4.62. The summed E-state index contributed by atoms with van der Waals surface area (Å²) in [5, 5.41) is 2.10. The number of aromatic nitrogens is 1. The molecule has 0 aliphatic carbocycles. The Morgan fingerprint density at radius 3 is 2.45 bits per heavy atom. The van der Waals surface area contributed by atoms with Gasteiger partial charge in [-0.15, -0.1) is 0 Å². The molecule has 0 unspecified atom stereocenters. The number of benzene rings is 1. The van der Waals surface area contributed by atoms with Gasteiger partial charge in [-0.2, -0.15) is 13.2 Å². The van der Waals surface area contributed by atoms with Crippen LogP contribution in [0.5, 0.6) is 0 Å². The summed E-state index contributed by atoms with van der Waals surface area (Å²) < 4.78 is 43.9. The number of carbonyl (C=O) groups excluding carboxylic acids is 2. The van der Waals surface area contributed by atoms with Crippen molar-refractivity contribution in [2.24, 2.45) is 0 Å². The van der Waals surface area contributed by atoms with E-state index in [2.05, 4.69) is 15.0 Å². The van der Waals surface area contributed by atoms with E-state index in [4.69, 9.17) is 0 Å². The SMILES string of the molecule is COC(=O)c1ccc2c(C(F)(F)F)cc(NC(C)=O)cc2n1. The lowest BCUT2D eigenvalue weighted by atomic mass is 10.1. The number of amides is 1. The molecule has 8 heteroatoms. The number of nitrogens with one attached hydrogen (secondary N) is 1. The smallest absolute Gasteiger partial charge is 0.417 e. The maximum atomic E-state index is 13.1. The van der Waals surface area contributed by atoms with Gasteiger partial charge in [0.2, 0.25) is 5.91 Å². The highest BCUT2D eigenvalue weighted by atomic mass is 19.4. The first-order valence-corrected chi connectivity index (χ1v) is 6.10. The van der Waals surface area contributed by atoms with E-state index >= 15 is 0 Å². The van der Waals surface area contributed by atoms with E-state index in [-0.39, 0.29) is 22.3 Å². The normalized spacial score (nSPS) is 11.3. The minimum absolute atomic E-state index is 0.0539. The van der Waals surface area contributed by atoms with E-state index in [1.165, 1.54) is 13.0 Å². The maximum Gasteiger partial charge on any atom is 0.417 e. The lowest BCUT2D eigenvalue weighted by Gasteiger charge is -2.13. The molecule has 0 atom stereocenters. The van der Waals surface area contributed by atoms with E-state index in [0.717, 1.165) is 25.3 Å². The molecule has 116 valence electrons. The van der Waals surface area contributed by atoms with Gasteiger partial charge in [0.25, 0.3) is 0 Å². The number of esters is 1. The van der Waals surface area contributed by atoms with E-state index in [9.17, 15) is 22.8 Å². The fourth-order valence-corrected chi connectivity index (χ4v) is 1.96. The first kappa shape index (κ1) is 15.7. The Morgan fingerprint density at radius 1 is 1.23 bits per heavy atom. The zero-order chi connectivity index (χ0) is 16.5. The fourth-order valence-electron chi connectivity index (χ4n) is 1.96. The molecule has 0 saturated heterocycles. The molecular formula is C14H11F3N2O3. The van der Waals surface area contributed by atoms with Crippen molar-refractivity contribution in [3.63, 3.8) is 0 Å². The molecule has 0 aliphatic heterocycles. The van der Waals surface area contributed by atoms with Crippen LogP contribution >= 0.6 is 0 Å². The van der Waals surface area contributed by atoms with E-state index in [1.807, 2.05) is 0 Å². The second-order valence-electron chi connectivity index (χ2n) is 4.46. The van der Waals surface area contributed by atoms with Crippen LogP contribution in [0, 0.1) is 0 Å². The predicted octanol–water partition coefficient (Wildman–Crippen LogP) is 3.00. The molecule has 0 fully saturated rings. The van der Waals surface area contributed by atoms with Gasteiger partial charge in [0, 0.05) is 18.0 Å². The molecule has 1 N–H and O–H groups in total. The third-order valence-electron chi connectivity index (χ3n) is 2.83. The number of hydrogen-bond acceptors (Lipinski definition) is 4.